The zero-order chi connectivity index (χ0) is 18.2. The molecule has 2 saturated carbocycles. The van der Waals surface area contributed by atoms with Crippen LogP contribution in [0.1, 0.15) is 91.9 Å². The van der Waals surface area contributed by atoms with Crippen LogP contribution in [0.5, 0.6) is 0 Å². The van der Waals surface area contributed by atoms with E-state index < -0.39 is 0 Å². The van der Waals surface area contributed by atoms with Crippen molar-refractivity contribution in [3.05, 3.63) is 0 Å². The predicted molar refractivity (Wildman–Crippen MR) is 103 cm³/mol. The molecular weight excluding hydrogens is 312 g/mol. The first-order valence-electron chi connectivity index (χ1n) is 11.0. The van der Waals surface area contributed by atoms with E-state index in [4.69, 9.17) is 9.47 Å². The molecule has 3 unspecified atom stereocenters. The molecule has 2 aliphatic rings. The molecule has 0 saturated heterocycles. The number of ether oxygens (including phenoxy) is 2. The van der Waals surface area contributed by atoms with Crippen LogP contribution in [0.15, 0.2) is 0 Å². The first-order chi connectivity index (χ1) is 12.0. The minimum absolute atomic E-state index is 0.0280. The Kier molecular flexibility index (Phi) is 9.23. The van der Waals surface area contributed by atoms with E-state index in [2.05, 4.69) is 13.8 Å². The van der Waals surface area contributed by atoms with E-state index in [-0.39, 0.29) is 12.4 Å². The molecule has 0 aromatic heterocycles. The molecule has 0 amide bonds. The summed E-state index contributed by atoms with van der Waals surface area (Å²) in [4.78, 5) is 0. The predicted octanol–water partition coefficient (Wildman–Crippen LogP) is 5.55. The Morgan fingerprint density at radius 2 is 1.48 bits per heavy atom. The second-order valence-electron chi connectivity index (χ2n) is 8.65. The van der Waals surface area contributed by atoms with Crippen molar-refractivity contribution in [1.29, 1.82) is 0 Å². The van der Waals surface area contributed by atoms with Gasteiger partial charge in [-0.05, 0) is 95.3 Å². The lowest BCUT2D eigenvalue weighted by atomic mass is 9.70. The van der Waals surface area contributed by atoms with Gasteiger partial charge in [0.25, 0.3) is 0 Å². The molecule has 0 aromatic carbocycles. The van der Waals surface area contributed by atoms with Crippen molar-refractivity contribution in [2.75, 3.05) is 6.61 Å². The molecule has 0 heterocycles. The second-order valence-corrected chi connectivity index (χ2v) is 8.65. The van der Waals surface area contributed by atoms with E-state index in [1.165, 1.54) is 51.4 Å². The third-order valence-electron chi connectivity index (χ3n) is 6.92. The molecule has 25 heavy (non-hydrogen) atoms. The third kappa shape index (κ3) is 6.84. The van der Waals surface area contributed by atoms with Crippen molar-refractivity contribution in [3.8, 4) is 0 Å². The van der Waals surface area contributed by atoms with E-state index in [1.807, 2.05) is 13.8 Å². The van der Waals surface area contributed by atoms with Crippen LogP contribution in [0.3, 0.4) is 0 Å². The molecule has 3 heteroatoms. The molecule has 2 fully saturated rings. The lowest BCUT2D eigenvalue weighted by Crippen LogP contribution is -2.31. The molecule has 0 bridgehead atoms. The second kappa shape index (κ2) is 10.9. The highest BCUT2D eigenvalue weighted by molar-refractivity contribution is 4.82. The largest absolute Gasteiger partial charge is 0.393 e. The Bertz CT molecular complexity index is 343. The number of aliphatic hydroxyl groups is 1. The van der Waals surface area contributed by atoms with Gasteiger partial charge < -0.3 is 14.6 Å². The van der Waals surface area contributed by atoms with Crippen LogP contribution in [0.4, 0.5) is 0 Å². The summed E-state index contributed by atoms with van der Waals surface area (Å²) in [6.07, 6.45) is 12.5. The summed E-state index contributed by atoms with van der Waals surface area (Å²) in [5, 5.41) is 9.74. The van der Waals surface area contributed by atoms with E-state index in [9.17, 15) is 5.11 Å². The van der Waals surface area contributed by atoms with Gasteiger partial charge in [0.15, 0.2) is 6.29 Å². The maximum absolute atomic E-state index is 9.74. The van der Waals surface area contributed by atoms with E-state index in [0.29, 0.717) is 6.10 Å². The van der Waals surface area contributed by atoms with Crippen molar-refractivity contribution in [1.82, 2.24) is 0 Å². The first kappa shape index (κ1) is 21.2. The molecule has 1 N–H and O–H groups in total. The summed E-state index contributed by atoms with van der Waals surface area (Å²) >= 11 is 0. The van der Waals surface area contributed by atoms with Gasteiger partial charge in [-0.1, -0.05) is 20.3 Å². The quantitative estimate of drug-likeness (QED) is 0.552. The summed E-state index contributed by atoms with van der Waals surface area (Å²) in [5.74, 6) is 3.39. The van der Waals surface area contributed by atoms with Crippen LogP contribution in [0.25, 0.3) is 0 Å². The van der Waals surface area contributed by atoms with Gasteiger partial charge in [0.2, 0.25) is 0 Å². The van der Waals surface area contributed by atoms with Crippen LogP contribution >= 0.6 is 0 Å². The topological polar surface area (TPSA) is 38.7 Å². The molecular formula is C22H42O3. The minimum Gasteiger partial charge on any atom is -0.393 e. The standard InChI is InChI=1S/C22H42O3/c1-5-18(15-16(3)19-7-11-21(23)12-8-19)20-9-13-22(14-10-20)25-17(4)24-6-2/h16-23H,5-15H2,1-4H3. The fourth-order valence-corrected chi connectivity index (χ4v) is 5.27. The molecule has 148 valence electrons. The zero-order valence-corrected chi connectivity index (χ0v) is 17.1. The fourth-order valence-electron chi connectivity index (χ4n) is 5.27. The highest BCUT2D eigenvalue weighted by Gasteiger charge is 2.31. The van der Waals surface area contributed by atoms with Gasteiger partial charge in [0, 0.05) is 6.61 Å². The van der Waals surface area contributed by atoms with Crippen LogP contribution < -0.4 is 0 Å². The van der Waals surface area contributed by atoms with Gasteiger partial charge in [-0.25, -0.2) is 0 Å². The van der Waals surface area contributed by atoms with Crippen molar-refractivity contribution < 1.29 is 14.6 Å². The van der Waals surface area contributed by atoms with E-state index >= 15 is 0 Å². The SMILES string of the molecule is CCOC(C)OC1CCC(C(CC)CC(C)C2CCC(O)CC2)CC1. The van der Waals surface area contributed by atoms with Crippen LogP contribution in [-0.4, -0.2) is 30.2 Å². The zero-order valence-electron chi connectivity index (χ0n) is 17.1. The molecule has 2 rings (SSSR count). The Morgan fingerprint density at radius 3 is 2.04 bits per heavy atom. The van der Waals surface area contributed by atoms with Gasteiger partial charge >= 0.3 is 0 Å². The van der Waals surface area contributed by atoms with E-state index in [1.54, 1.807) is 0 Å². The lowest BCUT2D eigenvalue weighted by Gasteiger charge is -2.37. The van der Waals surface area contributed by atoms with Crippen LogP contribution in [0, 0.1) is 23.7 Å². The van der Waals surface area contributed by atoms with Crippen molar-refractivity contribution >= 4 is 0 Å². The number of hydrogen-bond donors (Lipinski definition) is 1. The molecule has 0 aromatic rings. The number of rotatable bonds is 9. The number of aliphatic hydroxyl groups excluding tert-OH is 1. The Morgan fingerprint density at radius 1 is 0.880 bits per heavy atom. The molecule has 3 atom stereocenters. The van der Waals surface area contributed by atoms with Gasteiger partial charge in [-0.3, -0.25) is 0 Å². The summed E-state index contributed by atoms with van der Waals surface area (Å²) in [5.41, 5.74) is 0. The van der Waals surface area contributed by atoms with Gasteiger partial charge in [-0.15, -0.1) is 0 Å². The smallest absolute Gasteiger partial charge is 0.155 e. The molecule has 3 nitrogen and oxygen atoms in total. The Labute approximate surface area is 155 Å². The Balaban J connectivity index is 1.74. The van der Waals surface area contributed by atoms with E-state index in [0.717, 1.165) is 43.1 Å². The maximum atomic E-state index is 9.74. The first-order valence-corrected chi connectivity index (χ1v) is 11.0. The molecule has 2 aliphatic carbocycles. The third-order valence-corrected chi connectivity index (χ3v) is 6.92. The van der Waals surface area contributed by atoms with Crippen LogP contribution in [0.2, 0.25) is 0 Å². The summed E-state index contributed by atoms with van der Waals surface area (Å²) in [6.45, 7) is 9.61. The number of hydrogen-bond acceptors (Lipinski definition) is 3. The van der Waals surface area contributed by atoms with Gasteiger partial charge in [-0.2, -0.15) is 0 Å². The average Bonchev–Trinajstić information content (AvgIpc) is 2.61. The Hall–Kier alpha value is -0.120. The van der Waals surface area contributed by atoms with Crippen molar-refractivity contribution in [2.45, 2.75) is 110 Å². The van der Waals surface area contributed by atoms with Crippen molar-refractivity contribution in [2.24, 2.45) is 23.7 Å². The molecule has 0 aliphatic heterocycles. The summed E-state index contributed by atoms with van der Waals surface area (Å²) in [6, 6.07) is 0. The van der Waals surface area contributed by atoms with Crippen molar-refractivity contribution in [3.63, 3.8) is 0 Å². The summed E-state index contributed by atoms with van der Waals surface area (Å²) < 4.78 is 11.6. The highest BCUT2D eigenvalue weighted by atomic mass is 16.7. The maximum Gasteiger partial charge on any atom is 0.155 e. The normalized spacial score (nSPS) is 34.4. The average molecular weight is 355 g/mol. The monoisotopic (exact) mass is 354 g/mol. The summed E-state index contributed by atoms with van der Waals surface area (Å²) in [7, 11) is 0. The minimum atomic E-state index is -0.0600. The van der Waals surface area contributed by atoms with Crippen LogP contribution in [-0.2, 0) is 9.47 Å². The van der Waals surface area contributed by atoms with Gasteiger partial charge in [0.05, 0.1) is 12.2 Å². The highest BCUT2D eigenvalue weighted by Crippen LogP contribution is 2.40. The molecule has 0 radical (unpaired) electrons. The molecule has 0 spiro atoms. The van der Waals surface area contributed by atoms with Gasteiger partial charge in [0.1, 0.15) is 0 Å². The lowest BCUT2D eigenvalue weighted by molar-refractivity contribution is -0.166. The fraction of sp³-hybridized carbons (Fsp3) is 1.00.